The number of rotatable bonds is 4. The summed E-state index contributed by atoms with van der Waals surface area (Å²) in [4.78, 5) is -0.173. The number of halogens is 4. The standard InChI is InChI=1S/C11H13BrF3NO2S/c1-8(2)16(7-11(13,14)15)19(17,18)10-6-4-3-5-9(10)12/h3-6,8H,7H2,1-2H3. The molecule has 0 bridgehead atoms. The Morgan fingerprint density at radius 2 is 1.79 bits per heavy atom. The Balaban J connectivity index is 3.26. The number of nitrogens with zero attached hydrogens (tertiary/aromatic N) is 1. The molecule has 0 heterocycles. The molecule has 0 aliphatic heterocycles. The van der Waals surface area contributed by atoms with Gasteiger partial charge in [-0.25, -0.2) is 8.42 Å². The van der Waals surface area contributed by atoms with Crippen LogP contribution in [-0.2, 0) is 10.0 Å². The lowest BCUT2D eigenvalue weighted by Gasteiger charge is -2.27. The van der Waals surface area contributed by atoms with Gasteiger partial charge < -0.3 is 0 Å². The van der Waals surface area contributed by atoms with E-state index < -0.39 is 28.8 Å². The second-order valence-corrected chi connectivity index (χ2v) is 6.90. The fraction of sp³-hybridized carbons (Fsp3) is 0.455. The van der Waals surface area contributed by atoms with Gasteiger partial charge in [-0.15, -0.1) is 0 Å². The Kier molecular flexibility index (Phi) is 5.02. The summed E-state index contributed by atoms with van der Waals surface area (Å²) in [6, 6.07) is 5.00. The van der Waals surface area contributed by atoms with Gasteiger partial charge >= 0.3 is 6.18 Å². The van der Waals surface area contributed by atoms with Gasteiger partial charge in [0.05, 0.1) is 4.90 Å². The molecule has 0 aliphatic rings. The molecule has 0 saturated heterocycles. The van der Waals surface area contributed by atoms with E-state index in [-0.39, 0.29) is 9.37 Å². The third kappa shape index (κ3) is 4.19. The highest BCUT2D eigenvalue weighted by atomic mass is 79.9. The molecule has 3 nitrogen and oxygen atoms in total. The highest BCUT2D eigenvalue weighted by Crippen LogP contribution is 2.28. The van der Waals surface area contributed by atoms with E-state index in [1.54, 1.807) is 6.07 Å². The molecular weight excluding hydrogens is 347 g/mol. The maximum absolute atomic E-state index is 12.5. The summed E-state index contributed by atoms with van der Waals surface area (Å²) in [6.45, 7) is 1.30. The highest BCUT2D eigenvalue weighted by Gasteiger charge is 2.38. The van der Waals surface area contributed by atoms with Crippen molar-refractivity contribution in [3.8, 4) is 0 Å². The Bertz CT molecular complexity index is 543. The van der Waals surface area contributed by atoms with Gasteiger partial charge in [-0.1, -0.05) is 12.1 Å². The molecule has 0 N–H and O–H groups in total. The molecule has 0 fully saturated rings. The van der Waals surface area contributed by atoms with Crippen LogP contribution in [0.5, 0.6) is 0 Å². The van der Waals surface area contributed by atoms with Gasteiger partial charge in [0.25, 0.3) is 0 Å². The second kappa shape index (κ2) is 5.80. The molecule has 8 heteroatoms. The maximum atomic E-state index is 12.5. The third-order valence-electron chi connectivity index (χ3n) is 2.33. The largest absolute Gasteiger partial charge is 0.402 e. The number of benzene rings is 1. The molecule has 0 radical (unpaired) electrons. The molecule has 1 rings (SSSR count). The zero-order chi connectivity index (χ0) is 14.8. The van der Waals surface area contributed by atoms with Crippen molar-refractivity contribution in [2.24, 2.45) is 0 Å². The zero-order valence-electron chi connectivity index (χ0n) is 10.3. The predicted octanol–water partition coefficient (Wildman–Crippen LogP) is 3.41. The summed E-state index contributed by atoms with van der Waals surface area (Å²) in [7, 11) is -4.20. The fourth-order valence-electron chi connectivity index (χ4n) is 1.50. The van der Waals surface area contributed by atoms with Crippen molar-refractivity contribution in [1.82, 2.24) is 4.31 Å². The molecule has 0 aliphatic carbocycles. The van der Waals surface area contributed by atoms with Crippen LogP contribution >= 0.6 is 15.9 Å². The van der Waals surface area contributed by atoms with Crippen molar-refractivity contribution in [1.29, 1.82) is 0 Å². The molecule has 1 aromatic rings. The Labute approximate surface area is 118 Å². The second-order valence-electron chi connectivity index (χ2n) is 4.19. The third-order valence-corrected chi connectivity index (χ3v) is 5.37. The first-order valence-corrected chi connectivity index (χ1v) is 7.62. The maximum Gasteiger partial charge on any atom is 0.402 e. The lowest BCUT2D eigenvalue weighted by atomic mass is 10.4. The van der Waals surface area contributed by atoms with Gasteiger partial charge in [0, 0.05) is 10.5 Å². The van der Waals surface area contributed by atoms with Crippen LogP contribution in [0.4, 0.5) is 13.2 Å². The van der Waals surface area contributed by atoms with Crippen LogP contribution < -0.4 is 0 Å². The van der Waals surface area contributed by atoms with Crippen LogP contribution in [0.1, 0.15) is 13.8 Å². The molecule has 19 heavy (non-hydrogen) atoms. The van der Waals surface area contributed by atoms with Crippen LogP contribution in [0.2, 0.25) is 0 Å². The van der Waals surface area contributed by atoms with E-state index in [1.165, 1.54) is 32.0 Å². The topological polar surface area (TPSA) is 37.4 Å². The van der Waals surface area contributed by atoms with E-state index in [2.05, 4.69) is 15.9 Å². The lowest BCUT2D eigenvalue weighted by Crippen LogP contribution is -2.43. The van der Waals surface area contributed by atoms with Crippen LogP contribution in [-0.4, -0.2) is 31.5 Å². The molecular formula is C11H13BrF3NO2S. The van der Waals surface area contributed by atoms with Crippen molar-refractivity contribution < 1.29 is 21.6 Å². The summed E-state index contributed by atoms with van der Waals surface area (Å²) >= 11 is 3.04. The van der Waals surface area contributed by atoms with E-state index in [9.17, 15) is 21.6 Å². The molecule has 0 amide bonds. The van der Waals surface area contributed by atoms with Crippen molar-refractivity contribution in [2.75, 3.05) is 6.54 Å². The van der Waals surface area contributed by atoms with Crippen LogP contribution in [0.25, 0.3) is 0 Å². The van der Waals surface area contributed by atoms with Crippen molar-refractivity contribution in [3.63, 3.8) is 0 Å². The first-order valence-electron chi connectivity index (χ1n) is 5.39. The minimum Gasteiger partial charge on any atom is -0.207 e. The normalized spacial score (nSPS) is 13.3. The van der Waals surface area contributed by atoms with Gasteiger partial charge in [0.1, 0.15) is 6.54 Å². The average Bonchev–Trinajstić information content (AvgIpc) is 2.24. The van der Waals surface area contributed by atoms with Gasteiger partial charge in [-0.2, -0.15) is 17.5 Å². The smallest absolute Gasteiger partial charge is 0.207 e. The molecule has 0 atom stereocenters. The number of hydrogen-bond acceptors (Lipinski definition) is 2. The van der Waals surface area contributed by atoms with E-state index in [0.29, 0.717) is 4.31 Å². The summed E-state index contributed by atoms with van der Waals surface area (Å²) in [5, 5.41) is 0. The van der Waals surface area contributed by atoms with Crippen molar-refractivity contribution in [2.45, 2.75) is 31.0 Å². The lowest BCUT2D eigenvalue weighted by molar-refractivity contribution is -0.138. The first kappa shape index (κ1) is 16.5. The number of alkyl halides is 3. The monoisotopic (exact) mass is 359 g/mol. The highest BCUT2D eigenvalue weighted by molar-refractivity contribution is 9.10. The van der Waals surface area contributed by atoms with Gasteiger partial charge in [-0.05, 0) is 41.9 Å². The van der Waals surface area contributed by atoms with Gasteiger partial charge in [0.15, 0.2) is 0 Å². The minimum atomic E-state index is -4.58. The molecule has 0 aromatic heterocycles. The minimum absolute atomic E-state index is 0.173. The van der Waals surface area contributed by atoms with Crippen LogP contribution in [0.3, 0.4) is 0 Å². The molecule has 108 valence electrons. The Morgan fingerprint density at radius 3 is 2.21 bits per heavy atom. The summed E-state index contributed by atoms with van der Waals surface area (Å²) in [5.74, 6) is 0. The van der Waals surface area contributed by atoms with Gasteiger partial charge in [-0.3, -0.25) is 0 Å². The van der Waals surface area contributed by atoms with Crippen molar-refractivity contribution >= 4 is 26.0 Å². The SMILES string of the molecule is CC(C)N(CC(F)(F)F)S(=O)(=O)c1ccccc1Br. The van der Waals surface area contributed by atoms with E-state index in [4.69, 9.17) is 0 Å². The van der Waals surface area contributed by atoms with E-state index in [1.807, 2.05) is 0 Å². The van der Waals surface area contributed by atoms with Crippen molar-refractivity contribution in [3.05, 3.63) is 28.7 Å². The summed E-state index contributed by atoms with van der Waals surface area (Å²) < 4.78 is 62.7. The quantitative estimate of drug-likeness (QED) is 0.825. The molecule has 0 unspecified atom stereocenters. The predicted molar refractivity (Wildman–Crippen MR) is 69.2 cm³/mol. The molecule has 1 aromatic carbocycles. The zero-order valence-corrected chi connectivity index (χ0v) is 12.7. The molecule has 0 spiro atoms. The first-order chi connectivity index (χ1) is 8.55. The summed E-state index contributed by atoms with van der Waals surface area (Å²) in [5.41, 5.74) is 0. The number of sulfonamides is 1. The fourth-order valence-corrected chi connectivity index (χ4v) is 4.09. The summed E-state index contributed by atoms with van der Waals surface area (Å²) in [6.07, 6.45) is -4.58. The Hall–Kier alpha value is -0.600. The van der Waals surface area contributed by atoms with Gasteiger partial charge in [0.2, 0.25) is 10.0 Å². The molecule has 0 saturated carbocycles. The van der Waals surface area contributed by atoms with Crippen LogP contribution in [0.15, 0.2) is 33.6 Å². The van der Waals surface area contributed by atoms with Crippen LogP contribution in [0, 0.1) is 0 Å². The average molecular weight is 360 g/mol. The van der Waals surface area contributed by atoms with E-state index in [0.717, 1.165) is 0 Å². The Morgan fingerprint density at radius 1 is 1.26 bits per heavy atom. The van der Waals surface area contributed by atoms with E-state index >= 15 is 0 Å². The number of hydrogen-bond donors (Lipinski definition) is 0.